The average Bonchev–Trinajstić information content (AvgIpc) is 2.21. The van der Waals surface area contributed by atoms with Gasteiger partial charge in [-0.1, -0.05) is 25.5 Å². The van der Waals surface area contributed by atoms with Gasteiger partial charge in [-0.05, 0) is 24.1 Å². The zero-order valence-electron chi connectivity index (χ0n) is 8.84. The molecule has 0 bridgehead atoms. The van der Waals surface area contributed by atoms with Gasteiger partial charge in [0.2, 0.25) is 0 Å². The van der Waals surface area contributed by atoms with Crippen molar-refractivity contribution in [3.8, 4) is 5.75 Å². The summed E-state index contributed by atoms with van der Waals surface area (Å²) in [6.07, 6.45) is 2.05. The molecule has 4 nitrogen and oxygen atoms in total. The molecular formula is C10H15O4P. The van der Waals surface area contributed by atoms with Crippen LogP contribution in [0.5, 0.6) is 5.75 Å². The molecule has 1 N–H and O–H groups in total. The van der Waals surface area contributed by atoms with Crippen molar-refractivity contribution in [3.63, 3.8) is 0 Å². The Morgan fingerprint density at radius 3 is 2.40 bits per heavy atom. The Labute approximate surface area is 89.5 Å². The molecule has 1 rings (SSSR count). The minimum atomic E-state index is -3.93. The lowest BCUT2D eigenvalue weighted by Gasteiger charge is -2.10. The largest absolute Gasteiger partial charge is 0.527 e. The second kappa shape index (κ2) is 5.31. The zero-order valence-corrected chi connectivity index (χ0v) is 9.74. The van der Waals surface area contributed by atoms with Gasteiger partial charge in [-0.15, -0.1) is 0 Å². The van der Waals surface area contributed by atoms with E-state index >= 15 is 0 Å². The SMILES string of the molecule is CCCc1ccc(OP(=O)(O)OC)cc1. The Kier molecular flexibility index (Phi) is 4.33. The van der Waals surface area contributed by atoms with Crippen LogP contribution in [0.1, 0.15) is 18.9 Å². The fraction of sp³-hybridized carbons (Fsp3) is 0.400. The molecule has 15 heavy (non-hydrogen) atoms. The first-order chi connectivity index (χ1) is 7.07. The van der Waals surface area contributed by atoms with Gasteiger partial charge >= 0.3 is 7.82 Å². The maximum Gasteiger partial charge on any atom is 0.527 e. The van der Waals surface area contributed by atoms with E-state index in [0.717, 1.165) is 20.0 Å². The summed E-state index contributed by atoms with van der Waals surface area (Å²) in [5.74, 6) is 0.336. The van der Waals surface area contributed by atoms with Crippen LogP contribution in [0.2, 0.25) is 0 Å². The van der Waals surface area contributed by atoms with E-state index < -0.39 is 7.82 Å². The van der Waals surface area contributed by atoms with Gasteiger partial charge in [-0.2, -0.15) is 0 Å². The molecule has 5 heteroatoms. The topological polar surface area (TPSA) is 55.8 Å². The van der Waals surface area contributed by atoms with Gasteiger partial charge in [0.15, 0.2) is 0 Å². The molecule has 0 aliphatic heterocycles. The van der Waals surface area contributed by atoms with Crippen molar-refractivity contribution in [2.24, 2.45) is 0 Å². The molecule has 0 saturated carbocycles. The Bertz CT molecular complexity index is 347. The monoisotopic (exact) mass is 230 g/mol. The predicted octanol–water partition coefficient (Wildman–Crippen LogP) is 2.76. The van der Waals surface area contributed by atoms with Gasteiger partial charge in [0.25, 0.3) is 0 Å². The van der Waals surface area contributed by atoms with Crippen LogP contribution in [0.25, 0.3) is 0 Å². The molecule has 0 aliphatic rings. The summed E-state index contributed by atoms with van der Waals surface area (Å²) in [7, 11) is -2.79. The van der Waals surface area contributed by atoms with E-state index in [2.05, 4.69) is 11.4 Å². The summed E-state index contributed by atoms with van der Waals surface area (Å²) in [6.45, 7) is 2.09. The van der Waals surface area contributed by atoms with Gasteiger partial charge in [0, 0.05) is 7.11 Å². The third-order valence-electron chi connectivity index (χ3n) is 1.91. The van der Waals surface area contributed by atoms with E-state index in [1.807, 2.05) is 12.1 Å². The zero-order chi connectivity index (χ0) is 11.3. The quantitative estimate of drug-likeness (QED) is 0.790. The van der Waals surface area contributed by atoms with E-state index in [0.29, 0.717) is 5.75 Å². The molecule has 0 saturated heterocycles. The first-order valence-corrected chi connectivity index (χ1v) is 6.24. The highest BCUT2D eigenvalue weighted by Gasteiger charge is 2.19. The lowest BCUT2D eigenvalue weighted by atomic mass is 10.1. The van der Waals surface area contributed by atoms with Crippen molar-refractivity contribution in [2.75, 3.05) is 7.11 Å². The Balaban J connectivity index is 2.68. The van der Waals surface area contributed by atoms with Crippen LogP contribution in [0.15, 0.2) is 24.3 Å². The van der Waals surface area contributed by atoms with Crippen LogP contribution in [0.3, 0.4) is 0 Å². The Hall–Kier alpha value is -0.830. The molecule has 0 aromatic heterocycles. The molecule has 0 fully saturated rings. The highest BCUT2D eigenvalue weighted by molar-refractivity contribution is 7.47. The van der Waals surface area contributed by atoms with Gasteiger partial charge in [0.1, 0.15) is 5.75 Å². The van der Waals surface area contributed by atoms with E-state index in [-0.39, 0.29) is 0 Å². The smallest absolute Gasteiger partial charge is 0.404 e. The maximum atomic E-state index is 11.1. The third-order valence-corrected chi connectivity index (χ3v) is 2.82. The number of rotatable bonds is 5. The minimum Gasteiger partial charge on any atom is -0.404 e. The van der Waals surface area contributed by atoms with E-state index in [9.17, 15) is 4.57 Å². The molecule has 1 unspecified atom stereocenters. The summed E-state index contributed by atoms with van der Waals surface area (Å²) < 4.78 is 20.2. The standard InChI is InChI=1S/C10H15O4P/c1-3-4-9-5-7-10(8-6-9)14-15(11,12)13-2/h5-8H,3-4H2,1-2H3,(H,11,12). The highest BCUT2D eigenvalue weighted by Crippen LogP contribution is 2.42. The van der Waals surface area contributed by atoms with E-state index in [1.54, 1.807) is 12.1 Å². The van der Waals surface area contributed by atoms with Gasteiger partial charge < -0.3 is 4.52 Å². The number of hydrogen-bond donors (Lipinski definition) is 1. The molecule has 0 heterocycles. The number of phosphoric acid groups is 1. The molecule has 84 valence electrons. The van der Waals surface area contributed by atoms with Crippen molar-refractivity contribution < 1.29 is 18.5 Å². The molecule has 1 aromatic carbocycles. The molecule has 1 aromatic rings. The highest BCUT2D eigenvalue weighted by atomic mass is 31.2. The number of phosphoric ester groups is 1. The van der Waals surface area contributed by atoms with E-state index in [1.165, 1.54) is 5.56 Å². The molecule has 0 amide bonds. The summed E-state index contributed by atoms with van der Waals surface area (Å²) in [6, 6.07) is 7.06. The van der Waals surface area contributed by atoms with Crippen molar-refractivity contribution in [1.29, 1.82) is 0 Å². The number of aryl methyl sites for hydroxylation is 1. The molecule has 1 atom stereocenters. The lowest BCUT2D eigenvalue weighted by molar-refractivity contribution is 0.243. The van der Waals surface area contributed by atoms with Crippen LogP contribution in [0.4, 0.5) is 0 Å². The van der Waals surface area contributed by atoms with Crippen LogP contribution >= 0.6 is 7.82 Å². The first kappa shape index (κ1) is 12.2. The van der Waals surface area contributed by atoms with Crippen LogP contribution in [0, 0.1) is 0 Å². The predicted molar refractivity (Wildman–Crippen MR) is 57.9 cm³/mol. The molecule has 0 aliphatic carbocycles. The fourth-order valence-electron chi connectivity index (χ4n) is 1.18. The summed E-state index contributed by atoms with van der Waals surface area (Å²) in [5, 5.41) is 0. The van der Waals surface area contributed by atoms with Gasteiger partial charge in [-0.3, -0.25) is 9.42 Å². The van der Waals surface area contributed by atoms with Gasteiger partial charge in [-0.25, -0.2) is 4.57 Å². The summed E-state index contributed by atoms with van der Waals surface area (Å²) in [4.78, 5) is 9.06. The Morgan fingerprint density at radius 1 is 1.33 bits per heavy atom. The third kappa shape index (κ3) is 4.04. The Morgan fingerprint density at radius 2 is 1.93 bits per heavy atom. The lowest BCUT2D eigenvalue weighted by Crippen LogP contribution is -1.93. The van der Waals surface area contributed by atoms with Crippen molar-refractivity contribution in [1.82, 2.24) is 0 Å². The van der Waals surface area contributed by atoms with Crippen LogP contribution < -0.4 is 4.52 Å². The molecule has 0 spiro atoms. The summed E-state index contributed by atoms with van der Waals surface area (Å²) >= 11 is 0. The van der Waals surface area contributed by atoms with Crippen molar-refractivity contribution >= 4 is 7.82 Å². The van der Waals surface area contributed by atoms with Crippen LogP contribution in [-0.2, 0) is 15.5 Å². The van der Waals surface area contributed by atoms with E-state index in [4.69, 9.17) is 9.42 Å². The van der Waals surface area contributed by atoms with Crippen molar-refractivity contribution in [3.05, 3.63) is 29.8 Å². The van der Waals surface area contributed by atoms with Crippen LogP contribution in [-0.4, -0.2) is 12.0 Å². The summed E-state index contributed by atoms with van der Waals surface area (Å²) in [5.41, 5.74) is 1.18. The second-order valence-electron chi connectivity index (χ2n) is 3.14. The number of hydrogen-bond acceptors (Lipinski definition) is 3. The van der Waals surface area contributed by atoms with Gasteiger partial charge in [0.05, 0.1) is 0 Å². The molecular weight excluding hydrogens is 215 g/mol. The first-order valence-electron chi connectivity index (χ1n) is 4.74. The van der Waals surface area contributed by atoms with Crippen molar-refractivity contribution in [2.45, 2.75) is 19.8 Å². The minimum absolute atomic E-state index is 0.336. The normalized spacial score (nSPS) is 14.6. The second-order valence-corrected chi connectivity index (χ2v) is 4.62. The maximum absolute atomic E-state index is 11.1. The average molecular weight is 230 g/mol. The fourth-order valence-corrected chi connectivity index (χ4v) is 1.64. The molecule has 0 radical (unpaired) electrons. The number of benzene rings is 1.